The zero-order valence-electron chi connectivity index (χ0n) is 18.8. The van der Waals surface area contributed by atoms with Crippen molar-refractivity contribution in [1.82, 2.24) is 14.5 Å². The Hall–Kier alpha value is -2.62. The van der Waals surface area contributed by atoms with E-state index in [1.807, 2.05) is 0 Å². The molecule has 0 bridgehead atoms. The minimum Gasteiger partial charge on any atom is -0.355 e. The van der Waals surface area contributed by atoms with E-state index in [9.17, 15) is 22.8 Å². The first-order valence-corrected chi connectivity index (χ1v) is 12.9. The zero-order valence-corrected chi connectivity index (χ0v) is 21.1. The van der Waals surface area contributed by atoms with Crippen molar-refractivity contribution in [1.29, 1.82) is 0 Å². The molecule has 0 saturated carbocycles. The summed E-state index contributed by atoms with van der Waals surface area (Å²) < 4.78 is 26.2. The molecule has 8 nitrogen and oxygen atoms in total. The predicted octanol–water partition coefficient (Wildman–Crippen LogP) is 3.47. The number of nitrogens with zero attached hydrogens (tertiary/aromatic N) is 2. The summed E-state index contributed by atoms with van der Waals surface area (Å²) >= 11 is 12.2. The van der Waals surface area contributed by atoms with Gasteiger partial charge in [0, 0.05) is 36.1 Å². The summed E-state index contributed by atoms with van der Waals surface area (Å²) in [6.45, 7) is 3.71. The lowest BCUT2D eigenvalue weighted by Crippen LogP contribution is -2.47. The second-order valence-corrected chi connectivity index (χ2v) is 10.5. The zero-order chi connectivity index (χ0) is 25.0. The highest BCUT2D eigenvalue weighted by Gasteiger charge is 2.40. The third kappa shape index (κ3) is 5.37. The summed E-state index contributed by atoms with van der Waals surface area (Å²) in [4.78, 5) is 39.5. The summed E-state index contributed by atoms with van der Waals surface area (Å²) in [5.74, 6) is -1.30. The van der Waals surface area contributed by atoms with Crippen molar-refractivity contribution < 1.29 is 22.8 Å². The SMILES string of the molecule is CCNC(=O)C(C)N(Cc1ccc(Cl)cc1Cl)C(=O)CCCN1C(=O)c2ccccc2S1(=O)=O. The lowest BCUT2D eigenvalue weighted by molar-refractivity contribution is -0.140. The minimum absolute atomic E-state index is 0.0322. The van der Waals surface area contributed by atoms with E-state index in [2.05, 4.69) is 5.32 Å². The summed E-state index contributed by atoms with van der Waals surface area (Å²) in [7, 11) is -3.94. The second kappa shape index (κ2) is 10.8. The molecule has 182 valence electrons. The van der Waals surface area contributed by atoms with E-state index < -0.39 is 22.0 Å². The fraction of sp³-hybridized carbons (Fsp3) is 0.348. The molecule has 1 aliphatic heterocycles. The Labute approximate surface area is 208 Å². The first-order valence-electron chi connectivity index (χ1n) is 10.7. The molecule has 34 heavy (non-hydrogen) atoms. The molecule has 1 unspecified atom stereocenters. The molecule has 0 radical (unpaired) electrons. The van der Waals surface area contributed by atoms with Crippen molar-refractivity contribution in [2.45, 2.75) is 44.2 Å². The van der Waals surface area contributed by atoms with Crippen LogP contribution in [0.1, 0.15) is 42.6 Å². The number of hydrogen-bond acceptors (Lipinski definition) is 5. The Morgan fingerprint density at radius 3 is 2.50 bits per heavy atom. The van der Waals surface area contributed by atoms with Crippen molar-refractivity contribution >= 4 is 50.9 Å². The molecule has 1 heterocycles. The van der Waals surface area contributed by atoms with Gasteiger partial charge in [-0.05, 0) is 50.1 Å². The van der Waals surface area contributed by atoms with Gasteiger partial charge in [-0.3, -0.25) is 14.4 Å². The van der Waals surface area contributed by atoms with Crippen molar-refractivity contribution in [3.05, 3.63) is 63.6 Å². The van der Waals surface area contributed by atoms with Crippen LogP contribution in [0.4, 0.5) is 0 Å². The third-order valence-corrected chi connectivity index (χ3v) is 7.97. The van der Waals surface area contributed by atoms with Crippen LogP contribution in [0, 0.1) is 0 Å². The van der Waals surface area contributed by atoms with Crippen LogP contribution in [-0.4, -0.2) is 54.5 Å². The van der Waals surface area contributed by atoms with E-state index in [-0.39, 0.29) is 48.2 Å². The van der Waals surface area contributed by atoms with Gasteiger partial charge in [-0.25, -0.2) is 12.7 Å². The number of hydrogen-bond donors (Lipinski definition) is 1. The molecule has 0 aromatic heterocycles. The van der Waals surface area contributed by atoms with E-state index in [1.165, 1.54) is 17.0 Å². The quantitative estimate of drug-likeness (QED) is 0.539. The molecule has 11 heteroatoms. The maximum absolute atomic E-state index is 13.1. The van der Waals surface area contributed by atoms with Crippen LogP contribution in [0.15, 0.2) is 47.4 Å². The predicted molar refractivity (Wildman–Crippen MR) is 129 cm³/mol. The summed E-state index contributed by atoms with van der Waals surface area (Å²) in [5, 5.41) is 3.50. The smallest absolute Gasteiger partial charge is 0.269 e. The molecular formula is C23H25Cl2N3O5S. The number of carbonyl (C=O) groups is 3. The third-order valence-electron chi connectivity index (χ3n) is 5.54. The average Bonchev–Trinajstić information content (AvgIpc) is 2.99. The number of nitrogens with one attached hydrogen (secondary N) is 1. The van der Waals surface area contributed by atoms with Crippen LogP contribution >= 0.6 is 23.2 Å². The van der Waals surface area contributed by atoms with Crippen molar-refractivity contribution in [3.63, 3.8) is 0 Å². The second-order valence-electron chi connectivity index (χ2n) is 7.81. The van der Waals surface area contributed by atoms with Gasteiger partial charge in [0.1, 0.15) is 10.9 Å². The van der Waals surface area contributed by atoms with Crippen LogP contribution in [0.25, 0.3) is 0 Å². The number of benzene rings is 2. The first-order chi connectivity index (χ1) is 16.1. The minimum atomic E-state index is -3.94. The molecule has 3 rings (SSSR count). The number of halogens is 2. The van der Waals surface area contributed by atoms with E-state index in [4.69, 9.17) is 23.2 Å². The van der Waals surface area contributed by atoms with Gasteiger partial charge in [0.15, 0.2) is 0 Å². The van der Waals surface area contributed by atoms with Crippen LogP contribution < -0.4 is 5.32 Å². The van der Waals surface area contributed by atoms with Crippen LogP contribution in [0.5, 0.6) is 0 Å². The Bertz CT molecular complexity index is 1220. The summed E-state index contributed by atoms with van der Waals surface area (Å²) in [5.41, 5.74) is 0.737. The van der Waals surface area contributed by atoms with Gasteiger partial charge in [-0.15, -0.1) is 0 Å². The molecule has 0 fully saturated rings. The van der Waals surface area contributed by atoms with Gasteiger partial charge >= 0.3 is 0 Å². The Morgan fingerprint density at radius 1 is 1.15 bits per heavy atom. The van der Waals surface area contributed by atoms with Gasteiger partial charge in [0.25, 0.3) is 15.9 Å². The summed E-state index contributed by atoms with van der Waals surface area (Å²) in [6.07, 6.45) is 0.0371. The molecule has 3 amide bonds. The van der Waals surface area contributed by atoms with Crippen molar-refractivity contribution in [2.75, 3.05) is 13.1 Å². The largest absolute Gasteiger partial charge is 0.355 e. The highest BCUT2D eigenvalue weighted by atomic mass is 35.5. The van der Waals surface area contributed by atoms with Gasteiger partial charge in [0.2, 0.25) is 11.8 Å². The van der Waals surface area contributed by atoms with E-state index in [0.717, 1.165) is 4.31 Å². The number of carbonyl (C=O) groups excluding carboxylic acids is 3. The van der Waals surface area contributed by atoms with Gasteiger partial charge in [0.05, 0.1) is 5.56 Å². The molecule has 1 atom stereocenters. The van der Waals surface area contributed by atoms with Gasteiger partial charge in [-0.2, -0.15) is 0 Å². The fourth-order valence-electron chi connectivity index (χ4n) is 3.71. The fourth-order valence-corrected chi connectivity index (χ4v) is 5.78. The summed E-state index contributed by atoms with van der Waals surface area (Å²) in [6, 6.07) is 10.1. The lowest BCUT2D eigenvalue weighted by atomic mass is 10.1. The lowest BCUT2D eigenvalue weighted by Gasteiger charge is -2.29. The normalized spacial score (nSPS) is 15.1. The number of sulfonamides is 1. The first kappa shape index (κ1) is 26.0. The van der Waals surface area contributed by atoms with Crippen LogP contribution in [-0.2, 0) is 26.2 Å². The molecule has 1 aliphatic rings. The average molecular weight is 526 g/mol. The molecule has 2 aromatic carbocycles. The number of amides is 3. The topological polar surface area (TPSA) is 104 Å². The molecule has 1 N–H and O–H groups in total. The highest BCUT2D eigenvalue weighted by molar-refractivity contribution is 7.90. The monoisotopic (exact) mass is 525 g/mol. The molecule has 0 spiro atoms. The molecule has 0 saturated heterocycles. The van der Waals surface area contributed by atoms with Gasteiger partial charge in [-0.1, -0.05) is 41.4 Å². The number of rotatable bonds is 9. The molecule has 2 aromatic rings. The Kier molecular flexibility index (Phi) is 8.22. The van der Waals surface area contributed by atoms with E-state index in [1.54, 1.807) is 44.2 Å². The molecule has 0 aliphatic carbocycles. The van der Waals surface area contributed by atoms with Crippen molar-refractivity contribution in [3.8, 4) is 0 Å². The van der Waals surface area contributed by atoms with Gasteiger partial charge < -0.3 is 10.2 Å². The number of likely N-dealkylation sites (N-methyl/N-ethyl adjacent to an activating group) is 1. The van der Waals surface area contributed by atoms with Crippen LogP contribution in [0.3, 0.4) is 0 Å². The molecular weight excluding hydrogens is 501 g/mol. The van der Waals surface area contributed by atoms with Crippen molar-refractivity contribution in [2.24, 2.45) is 0 Å². The highest BCUT2D eigenvalue weighted by Crippen LogP contribution is 2.30. The Morgan fingerprint density at radius 2 is 1.85 bits per heavy atom. The maximum Gasteiger partial charge on any atom is 0.269 e. The number of fused-ring (bicyclic) bond motifs is 1. The standard InChI is InChI=1S/C23H25Cl2N3O5S/c1-3-26-22(30)15(2)27(14-16-10-11-17(24)13-19(16)25)21(29)9-6-12-28-23(31)18-7-4-5-8-20(18)34(28,32)33/h4-5,7-8,10-11,13,15H,3,6,9,12,14H2,1-2H3,(H,26,30). The van der Waals surface area contributed by atoms with E-state index >= 15 is 0 Å². The van der Waals surface area contributed by atoms with E-state index in [0.29, 0.717) is 22.2 Å². The maximum atomic E-state index is 13.1. The van der Waals surface area contributed by atoms with Crippen LogP contribution in [0.2, 0.25) is 10.0 Å². The Balaban J connectivity index is 1.73.